The number of aliphatic carboxylic acids is 1. The predicted octanol–water partition coefficient (Wildman–Crippen LogP) is 2.45. The molecule has 2 N–H and O–H groups in total. The van der Waals surface area contributed by atoms with Crippen molar-refractivity contribution in [3.63, 3.8) is 0 Å². The molecular weight excluding hydrogens is 276 g/mol. The Balaban J connectivity index is 3.05. The number of anilines is 1. The van der Waals surface area contributed by atoms with Crippen molar-refractivity contribution in [1.82, 2.24) is 4.98 Å². The molecule has 0 unspecified atom stereocenters. The molecular formula is C14H20N2O5. The van der Waals surface area contributed by atoms with Crippen LogP contribution in [-0.4, -0.2) is 34.4 Å². The molecule has 0 radical (unpaired) electrons. The smallest absolute Gasteiger partial charge is 0.412 e. The normalized spacial score (nSPS) is 10.9. The summed E-state index contributed by atoms with van der Waals surface area (Å²) in [5, 5.41) is 11.4. The van der Waals surface area contributed by atoms with E-state index < -0.39 is 17.7 Å². The number of pyridine rings is 1. The number of ether oxygens (including phenoxy) is 2. The number of rotatable bonds is 5. The summed E-state index contributed by atoms with van der Waals surface area (Å²) in [6, 6.07) is 1.52. The first-order valence-electron chi connectivity index (χ1n) is 6.55. The number of carbonyl (C=O) groups is 2. The molecule has 0 saturated carbocycles. The average Bonchev–Trinajstić information content (AvgIpc) is 2.30. The molecule has 0 saturated heterocycles. The van der Waals surface area contributed by atoms with Crippen LogP contribution >= 0.6 is 0 Å². The lowest BCUT2D eigenvalue weighted by Gasteiger charge is -2.21. The molecule has 21 heavy (non-hydrogen) atoms. The number of carboxylic acid groups (broad SMARTS) is 1. The van der Waals surface area contributed by atoms with Crippen LogP contribution in [0.3, 0.4) is 0 Å². The van der Waals surface area contributed by atoms with Gasteiger partial charge in [-0.15, -0.1) is 0 Å². The molecule has 1 heterocycles. The highest BCUT2D eigenvalue weighted by molar-refractivity contribution is 5.89. The second kappa shape index (κ2) is 6.92. The van der Waals surface area contributed by atoms with Crippen molar-refractivity contribution >= 4 is 17.7 Å². The van der Waals surface area contributed by atoms with E-state index in [1.165, 1.54) is 12.3 Å². The molecule has 0 aliphatic heterocycles. The SMILES string of the molecule is CCOc1nccc(CC(=O)O)c1NC(=O)OC(C)(C)C. The van der Waals surface area contributed by atoms with Crippen molar-refractivity contribution < 1.29 is 24.2 Å². The second-order valence-electron chi connectivity index (χ2n) is 5.28. The number of nitrogens with one attached hydrogen (secondary N) is 1. The maximum atomic E-state index is 11.9. The quantitative estimate of drug-likeness (QED) is 0.866. The van der Waals surface area contributed by atoms with Crippen molar-refractivity contribution in [2.45, 2.75) is 39.7 Å². The Labute approximate surface area is 123 Å². The predicted molar refractivity (Wildman–Crippen MR) is 76.6 cm³/mol. The second-order valence-corrected chi connectivity index (χ2v) is 5.28. The van der Waals surface area contributed by atoms with E-state index in [4.69, 9.17) is 14.6 Å². The molecule has 0 aliphatic rings. The number of carboxylic acids is 1. The Hall–Kier alpha value is -2.31. The molecule has 1 aromatic rings. The molecule has 0 spiro atoms. The lowest BCUT2D eigenvalue weighted by molar-refractivity contribution is -0.136. The van der Waals surface area contributed by atoms with E-state index >= 15 is 0 Å². The fourth-order valence-electron chi connectivity index (χ4n) is 1.58. The number of nitrogens with zero attached hydrogens (tertiary/aromatic N) is 1. The van der Waals surface area contributed by atoms with E-state index in [0.717, 1.165) is 0 Å². The van der Waals surface area contributed by atoms with Gasteiger partial charge in [0.05, 0.1) is 13.0 Å². The highest BCUT2D eigenvalue weighted by Crippen LogP contribution is 2.27. The van der Waals surface area contributed by atoms with Crippen molar-refractivity contribution in [2.75, 3.05) is 11.9 Å². The zero-order chi connectivity index (χ0) is 16.0. The molecule has 0 atom stereocenters. The van der Waals surface area contributed by atoms with Gasteiger partial charge in [0.1, 0.15) is 11.3 Å². The molecule has 1 amide bonds. The molecule has 0 aromatic carbocycles. The van der Waals surface area contributed by atoms with Crippen LogP contribution < -0.4 is 10.1 Å². The monoisotopic (exact) mass is 296 g/mol. The van der Waals surface area contributed by atoms with Crippen LogP contribution in [-0.2, 0) is 16.0 Å². The summed E-state index contributed by atoms with van der Waals surface area (Å²) in [5.41, 5.74) is -0.0480. The van der Waals surface area contributed by atoms with Gasteiger partial charge in [-0.3, -0.25) is 10.1 Å². The van der Waals surface area contributed by atoms with Gasteiger partial charge in [0.2, 0.25) is 5.88 Å². The van der Waals surface area contributed by atoms with Gasteiger partial charge in [-0.2, -0.15) is 0 Å². The molecule has 1 rings (SSSR count). The first-order valence-corrected chi connectivity index (χ1v) is 6.55. The minimum absolute atomic E-state index is 0.169. The van der Waals surface area contributed by atoms with Gasteiger partial charge in [-0.25, -0.2) is 9.78 Å². The fourth-order valence-corrected chi connectivity index (χ4v) is 1.58. The Bertz CT molecular complexity index is 523. The van der Waals surface area contributed by atoms with Crippen LogP contribution in [0.1, 0.15) is 33.3 Å². The number of aromatic nitrogens is 1. The highest BCUT2D eigenvalue weighted by atomic mass is 16.6. The van der Waals surface area contributed by atoms with E-state index in [9.17, 15) is 9.59 Å². The number of hydrogen-bond donors (Lipinski definition) is 2. The Morgan fingerprint density at radius 2 is 2.05 bits per heavy atom. The van der Waals surface area contributed by atoms with Crippen LogP contribution in [0.15, 0.2) is 12.3 Å². The largest absolute Gasteiger partial charge is 0.481 e. The molecule has 0 fully saturated rings. The zero-order valence-corrected chi connectivity index (χ0v) is 12.6. The third kappa shape index (κ3) is 5.68. The van der Waals surface area contributed by atoms with Crippen LogP contribution in [0.5, 0.6) is 5.88 Å². The number of hydrogen-bond acceptors (Lipinski definition) is 5. The van der Waals surface area contributed by atoms with E-state index in [-0.39, 0.29) is 18.0 Å². The topological polar surface area (TPSA) is 97.8 Å². The van der Waals surface area contributed by atoms with E-state index in [0.29, 0.717) is 12.2 Å². The van der Waals surface area contributed by atoms with Crippen LogP contribution in [0.25, 0.3) is 0 Å². The summed E-state index contributed by atoms with van der Waals surface area (Å²) >= 11 is 0. The third-order valence-corrected chi connectivity index (χ3v) is 2.25. The molecule has 1 aromatic heterocycles. The van der Waals surface area contributed by atoms with Gasteiger partial charge >= 0.3 is 12.1 Å². The Kier molecular flexibility index (Phi) is 5.52. The van der Waals surface area contributed by atoms with Gasteiger partial charge in [-0.1, -0.05) is 0 Å². The van der Waals surface area contributed by atoms with E-state index in [2.05, 4.69) is 10.3 Å². The average molecular weight is 296 g/mol. The summed E-state index contributed by atoms with van der Waals surface area (Å²) in [4.78, 5) is 26.8. The standard InChI is InChI=1S/C14H20N2O5/c1-5-20-12-11(16-13(19)21-14(2,3)4)9(6-7-15-12)8-10(17)18/h6-7H,5,8H2,1-4H3,(H,16,19)(H,17,18). The van der Waals surface area contributed by atoms with E-state index in [1.54, 1.807) is 27.7 Å². The van der Waals surface area contributed by atoms with Gasteiger partial charge in [-0.05, 0) is 39.3 Å². The third-order valence-electron chi connectivity index (χ3n) is 2.25. The maximum Gasteiger partial charge on any atom is 0.412 e. The maximum absolute atomic E-state index is 11.9. The minimum atomic E-state index is -1.02. The molecule has 7 nitrogen and oxygen atoms in total. The lowest BCUT2D eigenvalue weighted by Crippen LogP contribution is -2.28. The summed E-state index contributed by atoms with van der Waals surface area (Å²) in [5.74, 6) is -0.849. The molecule has 0 aliphatic carbocycles. The first-order chi connectivity index (χ1) is 9.73. The Morgan fingerprint density at radius 3 is 2.57 bits per heavy atom. The van der Waals surface area contributed by atoms with Gasteiger partial charge < -0.3 is 14.6 Å². The van der Waals surface area contributed by atoms with Crippen LogP contribution in [0, 0.1) is 0 Å². The minimum Gasteiger partial charge on any atom is -0.481 e. The van der Waals surface area contributed by atoms with Crippen molar-refractivity contribution in [2.24, 2.45) is 0 Å². The summed E-state index contributed by atoms with van der Waals surface area (Å²) in [6.07, 6.45) is 0.486. The van der Waals surface area contributed by atoms with Crippen molar-refractivity contribution in [3.05, 3.63) is 17.8 Å². The first kappa shape index (κ1) is 16.7. The zero-order valence-electron chi connectivity index (χ0n) is 12.6. The Morgan fingerprint density at radius 1 is 1.38 bits per heavy atom. The molecule has 0 bridgehead atoms. The fraction of sp³-hybridized carbons (Fsp3) is 0.500. The molecule has 7 heteroatoms. The summed E-state index contributed by atoms with van der Waals surface area (Å²) in [6.45, 7) is 7.31. The summed E-state index contributed by atoms with van der Waals surface area (Å²) < 4.78 is 10.5. The highest BCUT2D eigenvalue weighted by Gasteiger charge is 2.20. The number of amides is 1. The summed E-state index contributed by atoms with van der Waals surface area (Å²) in [7, 11) is 0. The van der Waals surface area contributed by atoms with Crippen LogP contribution in [0.2, 0.25) is 0 Å². The molecule has 116 valence electrons. The number of carbonyl (C=O) groups excluding carboxylic acids is 1. The van der Waals surface area contributed by atoms with Gasteiger partial charge in [0.25, 0.3) is 0 Å². The van der Waals surface area contributed by atoms with Crippen molar-refractivity contribution in [3.8, 4) is 5.88 Å². The van der Waals surface area contributed by atoms with Crippen LogP contribution in [0.4, 0.5) is 10.5 Å². The lowest BCUT2D eigenvalue weighted by atomic mass is 10.1. The van der Waals surface area contributed by atoms with Crippen molar-refractivity contribution in [1.29, 1.82) is 0 Å². The van der Waals surface area contributed by atoms with Gasteiger partial charge in [0, 0.05) is 6.20 Å². The van der Waals surface area contributed by atoms with E-state index in [1.807, 2.05) is 0 Å². The van der Waals surface area contributed by atoms with Gasteiger partial charge in [0.15, 0.2) is 0 Å².